The summed E-state index contributed by atoms with van der Waals surface area (Å²) in [7, 11) is 2.94. The largest absolute Gasteiger partial charge is 0.468 e. The number of esters is 1. The van der Waals surface area contributed by atoms with Crippen LogP contribution in [-0.2, 0) is 14.3 Å². The van der Waals surface area contributed by atoms with Gasteiger partial charge in [0.15, 0.2) is 0 Å². The second kappa shape index (κ2) is 7.92. The number of carbonyl (C=O) groups is 2. The highest BCUT2D eigenvalue weighted by Gasteiger charge is 2.18. The number of nitrogens with zero attached hydrogens (tertiary/aromatic N) is 3. The van der Waals surface area contributed by atoms with Gasteiger partial charge in [0, 0.05) is 5.69 Å². The lowest BCUT2D eigenvalue weighted by atomic mass is 10.2. The van der Waals surface area contributed by atoms with Crippen molar-refractivity contribution < 1.29 is 14.3 Å². The predicted octanol–water partition coefficient (Wildman–Crippen LogP) is 0.648. The predicted molar refractivity (Wildman–Crippen MR) is 73.9 cm³/mol. The van der Waals surface area contributed by atoms with E-state index in [1.54, 1.807) is 36.2 Å². The number of ether oxygens (including phenoxy) is 1. The maximum Gasteiger partial charge on any atom is 0.319 e. The molecule has 1 aromatic carbocycles. The van der Waals surface area contributed by atoms with Crippen molar-refractivity contribution in [1.82, 2.24) is 4.90 Å². The second-order valence-electron chi connectivity index (χ2n) is 4.22. The minimum absolute atomic E-state index is 0.0252. The molecule has 0 N–H and O–H groups in total. The number of para-hydroxylation sites is 1. The van der Waals surface area contributed by atoms with Crippen molar-refractivity contribution in [2.45, 2.75) is 0 Å². The maximum atomic E-state index is 12.2. The zero-order valence-electron chi connectivity index (χ0n) is 11.6. The van der Waals surface area contributed by atoms with E-state index in [2.05, 4.69) is 4.74 Å². The Morgan fingerprint density at radius 1 is 1.25 bits per heavy atom. The molecular weight excluding hydrogens is 258 g/mol. The third kappa shape index (κ3) is 4.71. The zero-order valence-corrected chi connectivity index (χ0v) is 11.6. The molecule has 1 aromatic rings. The Morgan fingerprint density at radius 3 is 2.45 bits per heavy atom. The standard InChI is InChI=1S/C14H17N3O3/c1-16(11-14(19)20-2)10-13(18)17(9-8-15)12-6-4-3-5-7-12/h3-7H,9-11H2,1-2H3. The number of likely N-dealkylation sites (N-methyl/N-ethyl adjacent to an activating group) is 1. The topological polar surface area (TPSA) is 73.6 Å². The van der Waals surface area contributed by atoms with Gasteiger partial charge in [-0.1, -0.05) is 18.2 Å². The van der Waals surface area contributed by atoms with Crippen LogP contribution in [0, 0.1) is 11.3 Å². The summed E-state index contributed by atoms with van der Waals surface area (Å²) in [5, 5.41) is 8.83. The number of methoxy groups -OCH3 is 1. The van der Waals surface area contributed by atoms with Gasteiger partial charge in [0.25, 0.3) is 0 Å². The summed E-state index contributed by atoms with van der Waals surface area (Å²) in [6.07, 6.45) is 0. The summed E-state index contributed by atoms with van der Waals surface area (Å²) in [6.45, 7) is 0.0258. The minimum atomic E-state index is -0.410. The van der Waals surface area contributed by atoms with Crippen molar-refractivity contribution in [2.75, 3.05) is 38.7 Å². The van der Waals surface area contributed by atoms with E-state index in [1.165, 1.54) is 12.0 Å². The second-order valence-corrected chi connectivity index (χ2v) is 4.22. The lowest BCUT2D eigenvalue weighted by molar-refractivity contribution is -0.141. The molecule has 1 amide bonds. The first kappa shape index (κ1) is 15.7. The molecule has 106 valence electrons. The van der Waals surface area contributed by atoms with E-state index < -0.39 is 5.97 Å². The number of amides is 1. The molecule has 0 saturated heterocycles. The van der Waals surface area contributed by atoms with Gasteiger partial charge in [-0.05, 0) is 19.2 Å². The van der Waals surface area contributed by atoms with Crippen molar-refractivity contribution >= 4 is 17.6 Å². The van der Waals surface area contributed by atoms with Crippen LogP contribution in [0.5, 0.6) is 0 Å². The summed E-state index contributed by atoms with van der Waals surface area (Å²) >= 11 is 0. The third-order valence-corrected chi connectivity index (χ3v) is 2.63. The van der Waals surface area contributed by atoms with Crippen LogP contribution in [-0.4, -0.2) is 50.6 Å². The molecule has 0 bridgehead atoms. The van der Waals surface area contributed by atoms with Crippen LogP contribution in [0.25, 0.3) is 0 Å². The Morgan fingerprint density at radius 2 is 1.90 bits per heavy atom. The van der Waals surface area contributed by atoms with Gasteiger partial charge >= 0.3 is 5.97 Å². The van der Waals surface area contributed by atoms with Crippen LogP contribution >= 0.6 is 0 Å². The van der Waals surface area contributed by atoms with Gasteiger partial charge in [0.05, 0.1) is 26.3 Å². The van der Waals surface area contributed by atoms with Gasteiger partial charge in [-0.25, -0.2) is 0 Å². The summed E-state index contributed by atoms with van der Waals surface area (Å²) in [6, 6.07) is 10.9. The Bertz CT molecular complexity index is 496. The number of anilines is 1. The van der Waals surface area contributed by atoms with Crippen molar-refractivity contribution in [3.05, 3.63) is 30.3 Å². The molecule has 6 heteroatoms. The van der Waals surface area contributed by atoms with Crippen LogP contribution in [0.3, 0.4) is 0 Å². The van der Waals surface area contributed by atoms with E-state index >= 15 is 0 Å². The number of rotatable bonds is 6. The first-order chi connectivity index (χ1) is 9.58. The highest BCUT2D eigenvalue weighted by Crippen LogP contribution is 2.13. The zero-order chi connectivity index (χ0) is 15.0. The molecule has 6 nitrogen and oxygen atoms in total. The number of hydrogen-bond donors (Lipinski definition) is 0. The van der Waals surface area contributed by atoms with Gasteiger partial charge in [-0.3, -0.25) is 19.4 Å². The lowest BCUT2D eigenvalue weighted by Gasteiger charge is -2.22. The molecule has 20 heavy (non-hydrogen) atoms. The fourth-order valence-corrected chi connectivity index (χ4v) is 1.66. The Hall–Kier alpha value is -2.39. The summed E-state index contributed by atoms with van der Waals surface area (Å²) in [5.74, 6) is -0.656. The number of benzene rings is 1. The number of hydrogen-bond acceptors (Lipinski definition) is 5. The SMILES string of the molecule is COC(=O)CN(C)CC(=O)N(CC#N)c1ccccc1. The molecule has 0 atom stereocenters. The first-order valence-corrected chi connectivity index (χ1v) is 6.06. The fourth-order valence-electron chi connectivity index (χ4n) is 1.66. The minimum Gasteiger partial charge on any atom is -0.468 e. The summed E-state index contributed by atoms with van der Waals surface area (Å²) in [5.41, 5.74) is 0.658. The van der Waals surface area contributed by atoms with E-state index in [0.29, 0.717) is 5.69 Å². The summed E-state index contributed by atoms with van der Waals surface area (Å²) < 4.78 is 4.54. The summed E-state index contributed by atoms with van der Waals surface area (Å²) in [4.78, 5) is 26.2. The quantitative estimate of drug-likeness (QED) is 0.563. The average Bonchev–Trinajstić information content (AvgIpc) is 2.45. The van der Waals surface area contributed by atoms with Crippen molar-refractivity contribution in [2.24, 2.45) is 0 Å². The van der Waals surface area contributed by atoms with E-state index in [1.807, 2.05) is 12.1 Å². The van der Waals surface area contributed by atoms with Gasteiger partial charge in [-0.15, -0.1) is 0 Å². The molecule has 0 unspecified atom stereocenters. The normalized spacial score (nSPS) is 9.90. The molecular formula is C14H17N3O3. The van der Waals surface area contributed by atoms with Crippen LogP contribution in [0.4, 0.5) is 5.69 Å². The number of nitriles is 1. The molecule has 0 radical (unpaired) electrons. The van der Waals surface area contributed by atoms with Crippen LogP contribution < -0.4 is 4.90 Å². The molecule has 0 aromatic heterocycles. The highest BCUT2D eigenvalue weighted by molar-refractivity contribution is 5.95. The lowest BCUT2D eigenvalue weighted by Crippen LogP contribution is -2.41. The maximum absolute atomic E-state index is 12.2. The van der Waals surface area contributed by atoms with Crippen molar-refractivity contribution in [3.8, 4) is 6.07 Å². The smallest absolute Gasteiger partial charge is 0.319 e. The third-order valence-electron chi connectivity index (χ3n) is 2.63. The molecule has 0 saturated carbocycles. The van der Waals surface area contributed by atoms with E-state index in [0.717, 1.165) is 0 Å². The van der Waals surface area contributed by atoms with Gasteiger partial charge in [0.2, 0.25) is 5.91 Å². The Labute approximate surface area is 118 Å². The van der Waals surface area contributed by atoms with Crippen LogP contribution in [0.15, 0.2) is 30.3 Å². The Kier molecular flexibility index (Phi) is 6.20. The molecule has 0 fully saturated rings. The fraction of sp³-hybridized carbons (Fsp3) is 0.357. The van der Waals surface area contributed by atoms with Crippen molar-refractivity contribution in [3.63, 3.8) is 0 Å². The van der Waals surface area contributed by atoms with Gasteiger partial charge < -0.3 is 4.74 Å². The molecule has 0 heterocycles. The Balaban J connectivity index is 2.71. The van der Waals surface area contributed by atoms with Crippen molar-refractivity contribution in [1.29, 1.82) is 5.26 Å². The van der Waals surface area contributed by atoms with Crippen LogP contribution in [0.1, 0.15) is 0 Å². The van der Waals surface area contributed by atoms with Gasteiger partial charge in [-0.2, -0.15) is 5.26 Å². The highest BCUT2D eigenvalue weighted by atomic mass is 16.5. The van der Waals surface area contributed by atoms with E-state index in [-0.39, 0.29) is 25.5 Å². The van der Waals surface area contributed by atoms with E-state index in [9.17, 15) is 9.59 Å². The monoisotopic (exact) mass is 275 g/mol. The molecule has 0 aliphatic carbocycles. The molecule has 0 aliphatic heterocycles. The number of carbonyl (C=O) groups excluding carboxylic acids is 2. The van der Waals surface area contributed by atoms with E-state index in [4.69, 9.17) is 5.26 Å². The average molecular weight is 275 g/mol. The molecule has 0 spiro atoms. The first-order valence-electron chi connectivity index (χ1n) is 6.06. The van der Waals surface area contributed by atoms with Crippen LogP contribution in [0.2, 0.25) is 0 Å². The molecule has 0 aliphatic rings. The van der Waals surface area contributed by atoms with Gasteiger partial charge in [0.1, 0.15) is 6.54 Å². The molecule has 1 rings (SSSR count).